The summed E-state index contributed by atoms with van der Waals surface area (Å²) in [6.07, 6.45) is 0. The summed E-state index contributed by atoms with van der Waals surface area (Å²) in [6, 6.07) is 13.9. The number of carbonyl (C=O) groups excluding carboxylic acids is 1. The van der Waals surface area contributed by atoms with Crippen LogP contribution in [0.4, 0.5) is 5.69 Å². The maximum atomic E-state index is 12.2. The summed E-state index contributed by atoms with van der Waals surface area (Å²) >= 11 is 6.23. The molecule has 3 rings (SSSR count). The van der Waals surface area contributed by atoms with Crippen molar-refractivity contribution in [3.63, 3.8) is 0 Å². The van der Waals surface area contributed by atoms with E-state index in [0.717, 1.165) is 43.3 Å². The van der Waals surface area contributed by atoms with E-state index in [1.807, 2.05) is 24.3 Å². The van der Waals surface area contributed by atoms with Crippen LogP contribution in [0.5, 0.6) is 0 Å². The Balaban J connectivity index is 1.44. The molecule has 0 saturated carbocycles. The minimum atomic E-state index is -0.452. The average Bonchev–Trinajstić information content (AvgIpc) is 2.75. The number of benzene rings is 2. The molecule has 1 fully saturated rings. The first-order chi connectivity index (χ1) is 14.4. The summed E-state index contributed by atoms with van der Waals surface area (Å²) < 4.78 is 0. The van der Waals surface area contributed by atoms with Crippen LogP contribution in [0.25, 0.3) is 0 Å². The second-order valence-corrected chi connectivity index (χ2v) is 7.59. The Morgan fingerprint density at radius 2 is 1.73 bits per heavy atom. The number of amides is 1. The van der Waals surface area contributed by atoms with Gasteiger partial charge >= 0.3 is 0 Å². The van der Waals surface area contributed by atoms with Gasteiger partial charge in [0.2, 0.25) is 0 Å². The molecular formula is C21H24ClN5O3. The number of nitro groups is 1. The summed E-state index contributed by atoms with van der Waals surface area (Å²) in [5.41, 5.74) is 5.00. The summed E-state index contributed by atoms with van der Waals surface area (Å²) in [6.45, 7) is 6.14. The Morgan fingerprint density at radius 3 is 2.37 bits per heavy atom. The lowest BCUT2D eigenvalue weighted by Gasteiger charge is -2.34. The van der Waals surface area contributed by atoms with Crippen LogP contribution in [0, 0.1) is 10.1 Å². The topological polar surface area (TPSA) is 91.1 Å². The predicted octanol–water partition coefficient (Wildman–Crippen LogP) is 2.91. The molecule has 2 aromatic rings. The Morgan fingerprint density at radius 1 is 1.10 bits per heavy atom. The zero-order valence-electron chi connectivity index (χ0n) is 16.8. The van der Waals surface area contributed by atoms with Gasteiger partial charge in [-0.2, -0.15) is 5.10 Å². The van der Waals surface area contributed by atoms with Gasteiger partial charge in [0, 0.05) is 49.9 Å². The molecule has 1 aliphatic rings. The van der Waals surface area contributed by atoms with Gasteiger partial charge in [-0.05, 0) is 36.2 Å². The zero-order chi connectivity index (χ0) is 21.5. The van der Waals surface area contributed by atoms with Crippen molar-refractivity contribution in [2.75, 3.05) is 32.7 Å². The van der Waals surface area contributed by atoms with Crippen molar-refractivity contribution < 1.29 is 9.72 Å². The number of hydrogen-bond donors (Lipinski definition) is 1. The second-order valence-electron chi connectivity index (χ2n) is 7.18. The summed E-state index contributed by atoms with van der Waals surface area (Å²) in [7, 11) is 0. The van der Waals surface area contributed by atoms with Crippen molar-refractivity contribution in [1.29, 1.82) is 0 Å². The standard InChI is InChI=1S/C21H24ClN5O3/c1-16(17-6-8-19(9-7-17)27(29)30)23-24-21(28)15-26-12-10-25(11-13-26)14-18-4-2-3-5-20(18)22/h2-9H,10-15H2,1H3,(H,24,28). The van der Waals surface area contributed by atoms with Gasteiger partial charge in [-0.1, -0.05) is 29.8 Å². The molecule has 1 amide bonds. The molecular weight excluding hydrogens is 406 g/mol. The van der Waals surface area contributed by atoms with Gasteiger partial charge < -0.3 is 0 Å². The zero-order valence-corrected chi connectivity index (χ0v) is 17.5. The maximum Gasteiger partial charge on any atom is 0.269 e. The fraction of sp³-hybridized carbons (Fsp3) is 0.333. The van der Waals surface area contributed by atoms with Crippen LogP contribution in [-0.2, 0) is 11.3 Å². The van der Waals surface area contributed by atoms with Gasteiger partial charge in [-0.3, -0.25) is 24.7 Å². The number of nitrogens with zero attached hydrogens (tertiary/aromatic N) is 4. The maximum absolute atomic E-state index is 12.2. The highest BCUT2D eigenvalue weighted by Crippen LogP contribution is 2.18. The lowest BCUT2D eigenvalue weighted by molar-refractivity contribution is -0.384. The number of nitro benzene ring substituents is 1. The van der Waals surface area contributed by atoms with E-state index in [0.29, 0.717) is 11.3 Å². The van der Waals surface area contributed by atoms with Crippen molar-refractivity contribution in [1.82, 2.24) is 15.2 Å². The second kappa shape index (κ2) is 10.3. The first-order valence-electron chi connectivity index (χ1n) is 9.68. The number of non-ortho nitro benzene ring substituents is 1. The average molecular weight is 430 g/mol. The number of piperazine rings is 1. The molecule has 9 heteroatoms. The van der Waals surface area contributed by atoms with E-state index in [-0.39, 0.29) is 18.1 Å². The van der Waals surface area contributed by atoms with Crippen LogP contribution < -0.4 is 5.43 Å². The van der Waals surface area contributed by atoms with E-state index in [4.69, 9.17) is 11.6 Å². The number of hydrazone groups is 1. The molecule has 158 valence electrons. The SMILES string of the molecule is CC(=NNC(=O)CN1CCN(Cc2ccccc2Cl)CC1)c1ccc([N+](=O)[O-])cc1. The van der Waals surface area contributed by atoms with Crippen molar-refractivity contribution >= 4 is 28.9 Å². The van der Waals surface area contributed by atoms with E-state index in [1.54, 1.807) is 19.1 Å². The molecule has 0 aliphatic carbocycles. The highest BCUT2D eigenvalue weighted by Gasteiger charge is 2.19. The minimum absolute atomic E-state index is 0.0178. The molecule has 8 nitrogen and oxygen atoms in total. The molecule has 2 aromatic carbocycles. The van der Waals surface area contributed by atoms with E-state index in [2.05, 4.69) is 20.3 Å². The molecule has 30 heavy (non-hydrogen) atoms. The van der Waals surface area contributed by atoms with E-state index < -0.39 is 4.92 Å². The number of carbonyl (C=O) groups is 1. The molecule has 0 unspecified atom stereocenters. The van der Waals surface area contributed by atoms with Gasteiger partial charge in [-0.15, -0.1) is 0 Å². The Hall–Kier alpha value is -2.81. The number of halogens is 1. The predicted molar refractivity (Wildman–Crippen MR) is 117 cm³/mol. The van der Waals surface area contributed by atoms with E-state index in [9.17, 15) is 14.9 Å². The third kappa shape index (κ3) is 6.09. The van der Waals surface area contributed by atoms with Gasteiger partial charge in [0.15, 0.2) is 0 Å². The van der Waals surface area contributed by atoms with Crippen LogP contribution in [0.2, 0.25) is 5.02 Å². The largest absolute Gasteiger partial charge is 0.296 e. The number of hydrogen-bond acceptors (Lipinski definition) is 6. The monoisotopic (exact) mass is 429 g/mol. The van der Waals surface area contributed by atoms with Crippen LogP contribution in [-0.4, -0.2) is 59.1 Å². The molecule has 0 radical (unpaired) electrons. The van der Waals surface area contributed by atoms with Crippen LogP contribution in [0.15, 0.2) is 53.6 Å². The normalized spacial score (nSPS) is 15.7. The van der Waals surface area contributed by atoms with Crippen molar-refractivity contribution in [2.24, 2.45) is 5.10 Å². The molecule has 1 N–H and O–H groups in total. The molecule has 0 atom stereocenters. The number of nitrogens with one attached hydrogen (secondary N) is 1. The van der Waals surface area contributed by atoms with Crippen LogP contribution in [0.1, 0.15) is 18.1 Å². The molecule has 0 spiro atoms. The fourth-order valence-corrected chi connectivity index (χ4v) is 3.44. The fourth-order valence-electron chi connectivity index (χ4n) is 3.25. The van der Waals surface area contributed by atoms with Gasteiger partial charge in [-0.25, -0.2) is 5.43 Å². The van der Waals surface area contributed by atoms with Crippen LogP contribution >= 0.6 is 11.6 Å². The van der Waals surface area contributed by atoms with Crippen molar-refractivity contribution in [2.45, 2.75) is 13.5 Å². The molecule has 1 heterocycles. The summed E-state index contributed by atoms with van der Waals surface area (Å²) in [5, 5.41) is 15.6. The molecule has 1 aliphatic heterocycles. The first kappa shape index (κ1) is 21.9. The highest BCUT2D eigenvalue weighted by atomic mass is 35.5. The summed E-state index contributed by atoms with van der Waals surface area (Å²) in [4.78, 5) is 26.9. The minimum Gasteiger partial charge on any atom is -0.296 e. The Bertz CT molecular complexity index is 924. The third-order valence-corrected chi connectivity index (χ3v) is 5.40. The van der Waals surface area contributed by atoms with Crippen molar-refractivity contribution in [3.8, 4) is 0 Å². The smallest absolute Gasteiger partial charge is 0.269 e. The van der Waals surface area contributed by atoms with E-state index in [1.165, 1.54) is 12.1 Å². The first-order valence-corrected chi connectivity index (χ1v) is 10.1. The lowest BCUT2D eigenvalue weighted by Crippen LogP contribution is -2.48. The Kier molecular flexibility index (Phi) is 7.51. The Labute approximate surface area is 180 Å². The highest BCUT2D eigenvalue weighted by molar-refractivity contribution is 6.31. The lowest BCUT2D eigenvalue weighted by atomic mass is 10.1. The quantitative estimate of drug-likeness (QED) is 0.415. The van der Waals surface area contributed by atoms with Gasteiger partial charge in [0.25, 0.3) is 11.6 Å². The third-order valence-electron chi connectivity index (χ3n) is 5.03. The molecule has 0 bridgehead atoms. The van der Waals surface area contributed by atoms with Crippen LogP contribution in [0.3, 0.4) is 0 Å². The van der Waals surface area contributed by atoms with Crippen molar-refractivity contribution in [3.05, 3.63) is 74.8 Å². The van der Waals surface area contributed by atoms with Gasteiger partial charge in [0.1, 0.15) is 0 Å². The molecule has 0 aromatic heterocycles. The molecule has 1 saturated heterocycles. The summed E-state index contributed by atoms with van der Waals surface area (Å²) in [5.74, 6) is -0.184. The van der Waals surface area contributed by atoms with E-state index >= 15 is 0 Å². The van der Waals surface area contributed by atoms with Gasteiger partial charge in [0.05, 0.1) is 17.2 Å². The number of rotatable bonds is 7.